The van der Waals surface area contributed by atoms with Gasteiger partial charge in [0.25, 0.3) is 5.91 Å². The first kappa shape index (κ1) is 15.4. The van der Waals surface area contributed by atoms with Crippen LogP contribution in [0.5, 0.6) is 5.75 Å². The normalized spacial score (nSPS) is 13.6. The van der Waals surface area contributed by atoms with Gasteiger partial charge in [0.1, 0.15) is 5.75 Å². The Kier molecular flexibility index (Phi) is 4.90. The van der Waals surface area contributed by atoms with Gasteiger partial charge in [-0.3, -0.25) is 4.79 Å². The first-order valence-electron chi connectivity index (χ1n) is 7.27. The van der Waals surface area contributed by atoms with Crippen molar-refractivity contribution in [2.45, 2.75) is 13.3 Å². The van der Waals surface area contributed by atoms with Gasteiger partial charge in [-0.25, -0.2) is 0 Å². The fourth-order valence-corrected chi connectivity index (χ4v) is 2.35. The van der Waals surface area contributed by atoms with E-state index >= 15 is 0 Å². The van der Waals surface area contributed by atoms with Gasteiger partial charge in [-0.05, 0) is 26.6 Å². The molecule has 6 nitrogen and oxygen atoms in total. The minimum Gasteiger partial charge on any atom is -0.482 e. The Morgan fingerprint density at radius 3 is 2.71 bits per heavy atom. The van der Waals surface area contributed by atoms with Crippen molar-refractivity contribution in [2.75, 3.05) is 56.3 Å². The van der Waals surface area contributed by atoms with Crippen molar-refractivity contribution in [1.82, 2.24) is 4.90 Å². The molecular formula is C15H24N4O2. The first-order valence-corrected chi connectivity index (χ1v) is 7.27. The molecule has 0 aromatic heterocycles. The fourth-order valence-electron chi connectivity index (χ4n) is 2.35. The van der Waals surface area contributed by atoms with Crippen LogP contribution in [0.3, 0.4) is 0 Å². The Hall–Kier alpha value is -1.95. The van der Waals surface area contributed by atoms with Crippen LogP contribution in [0.15, 0.2) is 12.1 Å². The summed E-state index contributed by atoms with van der Waals surface area (Å²) in [7, 11) is 4.10. The topological polar surface area (TPSA) is 70.8 Å². The predicted octanol–water partition coefficient (Wildman–Crippen LogP) is 1.38. The zero-order chi connectivity index (χ0) is 15.4. The van der Waals surface area contributed by atoms with Crippen LogP contribution in [-0.4, -0.2) is 51.1 Å². The number of fused-ring (bicyclic) bond motifs is 1. The molecule has 0 radical (unpaired) electrons. The molecule has 0 bridgehead atoms. The minimum atomic E-state index is -0.131. The number of carbonyl (C=O) groups is 1. The molecule has 1 amide bonds. The van der Waals surface area contributed by atoms with Crippen LogP contribution in [0.2, 0.25) is 0 Å². The molecular weight excluding hydrogens is 268 g/mol. The number of likely N-dealkylation sites (N-methyl/N-ethyl adjacent to an activating group) is 1. The highest BCUT2D eigenvalue weighted by molar-refractivity contribution is 5.97. The molecule has 0 fully saturated rings. The van der Waals surface area contributed by atoms with Crippen LogP contribution in [0.4, 0.5) is 17.1 Å². The van der Waals surface area contributed by atoms with E-state index in [-0.39, 0.29) is 12.5 Å². The van der Waals surface area contributed by atoms with Crippen molar-refractivity contribution >= 4 is 23.0 Å². The first-order chi connectivity index (χ1) is 10.0. The van der Waals surface area contributed by atoms with Crippen LogP contribution in [-0.2, 0) is 4.79 Å². The lowest BCUT2D eigenvalue weighted by molar-refractivity contribution is -0.118. The standard InChI is InChI=1S/C15H24N4O2/c1-4-5-19(7-6-18(2)3)13-9-12-14(8-11(13)16)21-10-15(20)17-12/h8-9H,4-7,10,16H2,1-3H3,(H,17,20). The highest BCUT2D eigenvalue weighted by Crippen LogP contribution is 2.37. The van der Waals surface area contributed by atoms with Crippen molar-refractivity contribution in [1.29, 1.82) is 0 Å². The monoisotopic (exact) mass is 292 g/mol. The molecule has 0 spiro atoms. The summed E-state index contributed by atoms with van der Waals surface area (Å²) in [4.78, 5) is 15.8. The van der Waals surface area contributed by atoms with Crippen LogP contribution in [0, 0.1) is 0 Å². The maximum Gasteiger partial charge on any atom is 0.262 e. The number of anilines is 3. The lowest BCUT2D eigenvalue weighted by Gasteiger charge is -2.29. The number of nitrogens with zero attached hydrogens (tertiary/aromatic N) is 2. The summed E-state index contributed by atoms with van der Waals surface area (Å²) in [5, 5.41) is 2.83. The summed E-state index contributed by atoms with van der Waals surface area (Å²) in [5.74, 6) is 0.508. The summed E-state index contributed by atoms with van der Waals surface area (Å²) in [6, 6.07) is 3.70. The number of amides is 1. The average molecular weight is 292 g/mol. The van der Waals surface area contributed by atoms with E-state index in [0.29, 0.717) is 17.1 Å². The van der Waals surface area contributed by atoms with Crippen molar-refractivity contribution < 1.29 is 9.53 Å². The summed E-state index contributed by atoms with van der Waals surface area (Å²) >= 11 is 0. The second-order valence-electron chi connectivity index (χ2n) is 5.53. The lowest BCUT2D eigenvalue weighted by Crippen LogP contribution is -2.33. The molecule has 116 valence electrons. The van der Waals surface area contributed by atoms with Gasteiger partial charge in [-0.15, -0.1) is 0 Å². The van der Waals surface area contributed by atoms with Crippen molar-refractivity contribution in [3.63, 3.8) is 0 Å². The third-order valence-corrected chi connectivity index (χ3v) is 3.41. The van der Waals surface area contributed by atoms with Gasteiger partial charge in [0.05, 0.1) is 17.1 Å². The molecule has 21 heavy (non-hydrogen) atoms. The fraction of sp³-hybridized carbons (Fsp3) is 0.533. The van der Waals surface area contributed by atoms with Crippen LogP contribution >= 0.6 is 0 Å². The van der Waals surface area contributed by atoms with Gasteiger partial charge >= 0.3 is 0 Å². The van der Waals surface area contributed by atoms with E-state index in [1.807, 2.05) is 6.07 Å². The summed E-state index contributed by atoms with van der Waals surface area (Å²) in [6.07, 6.45) is 1.03. The van der Waals surface area contributed by atoms with Crippen LogP contribution in [0.25, 0.3) is 0 Å². The molecule has 1 heterocycles. The SMILES string of the molecule is CCCN(CCN(C)C)c1cc2c(cc1N)OCC(=O)N2. The Labute approximate surface area is 125 Å². The average Bonchev–Trinajstić information content (AvgIpc) is 2.43. The minimum absolute atomic E-state index is 0.0467. The molecule has 0 saturated carbocycles. The third kappa shape index (κ3) is 3.78. The lowest BCUT2D eigenvalue weighted by atomic mass is 10.1. The molecule has 6 heteroatoms. The molecule has 1 aliphatic heterocycles. The van der Waals surface area contributed by atoms with E-state index < -0.39 is 0 Å². The Balaban J connectivity index is 2.26. The molecule has 0 aliphatic carbocycles. The number of nitrogen functional groups attached to an aromatic ring is 1. The van der Waals surface area contributed by atoms with Gasteiger partial charge in [0, 0.05) is 25.7 Å². The highest BCUT2D eigenvalue weighted by atomic mass is 16.5. The van der Waals surface area contributed by atoms with Gasteiger partial charge in [-0.2, -0.15) is 0 Å². The zero-order valence-electron chi connectivity index (χ0n) is 13.0. The highest BCUT2D eigenvalue weighted by Gasteiger charge is 2.20. The number of hydrogen-bond acceptors (Lipinski definition) is 5. The number of carbonyl (C=O) groups excluding carboxylic acids is 1. The number of rotatable bonds is 6. The van der Waals surface area contributed by atoms with E-state index in [1.54, 1.807) is 6.07 Å². The molecule has 1 aliphatic rings. The second-order valence-corrected chi connectivity index (χ2v) is 5.53. The number of benzene rings is 1. The molecule has 1 aromatic rings. The van der Waals surface area contributed by atoms with Crippen LogP contribution < -0.4 is 20.7 Å². The Bertz CT molecular complexity index is 517. The van der Waals surface area contributed by atoms with Crippen molar-refractivity contribution in [3.8, 4) is 5.75 Å². The van der Waals surface area contributed by atoms with Gasteiger partial charge in [0.2, 0.25) is 0 Å². The summed E-state index contributed by atoms with van der Waals surface area (Å²) in [5.41, 5.74) is 8.49. The third-order valence-electron chi connectivity index (χ3n) is 3.41. The molecule has 1 aromatic carbocycles. The maximum absolute atomic E-state index is 11.4. The summed E-state index contributed by atoms with van der Waals surface area (Å²) < 4.78 is 5.39. The Morgan fingerprint density at radius 1 is 1.29 bits per heavy atom. The molecule has 0 unspecified atom stereocenters. The van der Waals surface area contributed by atoms with Crippen LogP contribution in [0.1, 0.15) is 13.3 Å². The predicted molar refractivity (Wildman–Crippen MR) is 86.0 cm³/mol. The van der Waals surface area contributed by atoms with E-state index in [1.165, 1.54) is 0 Å². The van der Waals surface area contributed by atoms with E-state index in [0.717, 1.165) is 31.7 Å². The van der Waals surface area contributed by atoms with E-state index in [4.69, 9.17) is 10.5 Å². The molecule has 0 saturated heterocycles. The Morgan fingerprint density at radius 2 is 2.05 bits per heavy atom. The van der Waals surface area contributed by atoms with E-state index in [2.05, 4.69) is 36.1 Å². The number of hydrogen-bond donors (Lipinski definition) is 2. The number of nitrogens with one attached hydrogen (secondary N) is 1. The van der Waals surface area contributed by atoms with E-state index in [9.17, 15) is 4.79 Å². The number of ether oxygens (including phenoxy) is 1. The molecule has 2 rings (SSSR count). The van der Waals surface area contributed by atoms with Crippen molar-refractivity contribution in [3.05, 3.63) is 12.1 Å². The summed E-state index contributed by atoms with van der Waals surface area (Å²) in [6.45, 7) is 4.94. The molecule has 0 atom stereocenters. The maximum atomic E-state index is 11.4. The molecule has 3 N–H and O–H groups in total. The second kappa shape index (κ2) is 6.67. The number of nitrogens with two attached hydrogens (primary N) is 1. The van der Waals surface area contributed by atoms with Crippen molar-refractivity contribution in [2.24, 2.45) is 0 Å². The van der Waals surface area contributed by atoms with Gasteiger partial charge < -0.3 is 25.6 Å². The van der Waals surface area contributed by atoms with Gasteiger partial charge in [-0.1, -0.05) is 6.92 Å². The zero-order valence-corrected chi connectivity index (χ0v) is 13.0. The quantitative estimate of drug-likeness (QED) is 0.775. The smallest absolute Gasteiger partial charge is 0.262 e. The largest absolute Gasteiger partial charge is 0.482 e. The van der Waals surface area contributed by atoms with Gasteiger partial charge in [0.15, 0.2) is 6.61 Å².